The van der Waals surface area contributed by atoms with Crippen molar-refractivity contribution in [2.45, 2.75) is 39.3 Å². The molecule has 1 fully saturated rings. The van der Waals surface area contributed by atoms with Gasteiger partial charge in [-0.25, -0.2) is 0 Å². The van der Waals surface area contributed by atoms with E-state index in [2.05, 4.69) is 21.6 Å². The highest BCUT2D eigenvalue weighted by Crippen LogP contribution is 2.24. The van der Waals surface area contributed by atoms with Gasteiger partial charge in [0.25, 0.3) is 0 Å². The Hall–Kier alpha value is -1.94. The fraction of sp³-hybridized carbons (Fsp3) is 0.375. The molecule has 1 saturated carbocycles. The third-order valence-corrected chi connectivity index (χ3v) is 3.40. The van der Waals surface area contributed by atoms with Crippen LogP contribution in [0.4, 0.5) is 0 Å². The molecule has 0 amide bonds. The van der Waals surface area contributed by atoms with E-state index in [1.807, 2.05) is 38.1 Å². The van der Waals surface area contributed by atoms with E-state index in [0.717, 1.165) is 23.6 Å². The number of nitrogens with zero attached hydrogens (tertiary/aromatic N) is 2. The molecule has 1 aliphatic carbocycles. The van der Waals surface area contributed by atoms with E-state index < -0.39 is 0 Å². The predicted octanol–water partition coefficient (Wildman–Crippen LogP) is 3.14. The normalized spacial score (nSPS) is 14.3. The molecule has 4 heteroatoms. The lowest BCUT2D eigenvalue weighted by atomic mass is 10.1. The smallest absolute Gasteiger partial charge is 0.238 e. The van der Waals surface area contributed by atoms with Crippen LogP contribution in [-0.2, 0) is 6.54 Å². The molecular weight excluding hydrogens is 250 g/mol. The van der Waals surface area contributed by atoms with Crippen molar-refractivity contribution in [3.63, 3.8) is 0 Å². The summed E-state index contributed by atoms with van der Waals surface area (Å²) in [5.74, 6) is 1.37. The van der Waals surface area contributed by atoms with Crippen molar-refractivity contribution in [1.29, 1.82) is 0 Å². The molecule has 0 saturated heterocycles. The van der Waals surface area contributed by atoms with E-state index >= 15 is 0 Å². The summed E-state index contributed by atoms with van der Waals surface area (Å²) < 4.78 is 5.79. The fourth-order valence-electron chi connectivity index (χ4n) is 1.96. The minimum absolute atomic E-state index is 0.536. The summed E-state index contributed by atoms with van der Waals surface area (Å²) in [5, 5.41) is 11.7. The van der Waals surface area contributed by atoms with Crippen LogP contribution in [0.15, 0.2) is 30.3 Å². The molecular formula is C16H19N3O. The first kappa shape index (κ1) is 13.1. The van der Waals surface area contributed by atoms with Crippen molar-refractivity contribution in [1.82, 2.24) is 15.5 Å². The molecule has 0 spiro atoms. The van der Waals surface area contributed by atoms with Crippen LogP contribution in [0.2, 0.25) is 0 Å². The number of rotatable bonds is 5. The van der Waals surface area contributed by atoms with E-state index in [-0.39, 0.29) is 0 Å². The van der Waals surface area contributed by atoms with Gasteiger partial charge in [-0.2, -0.15) is 5.10 Å². The molecule has 1 N–H and O–H groups in total. The molecule has 2 aromatic rings. The molecule has 0 unspecified atom stereocenters. The number of hydrogen-bond donors (Lipinski definition) is 1. The third kappa shape index (κ3) is 3.33. The van der Waals surface area contributed by atoms with Crippen LogP contribution < -0.4 is 10.1 Å². The van der Waals surface area contributed by atoms with Crippen LogP contribution in [0.5, 0.6) is 11.6 Å². The van der Waals surface area contributed by atoms with Crippen LogP contribution in [0.25, 0.3) is 0 Å². The Morgan fingerprint density at radius 2 is 2.00 bits per heavy atom. The molecule has 0 radical (unpaired) electrons. The Labute approximate surface area is 119 Å². The second kappa shape index (κ2) is 5.59. The van der Waals surface area contributed by atoms with Gasteiger partial charge in [-0.1, -0.05) is 12.1 Å². The summed E-state index contributed by atoms with van der Waals surface area (Å²) in [5.41, 5.74) is 3.21. The molecule has 20 heavy (non-hydrogen) atoms. The average Bonchev–Trinajstić information content (AvgIpc) is 3.26. The zero-order chi connectivity index (χ0) is 13.9. The molecule has 1 aromatic carbocycles. The quantitative estimate of drug-likeness (QED) is 0.906. The standard InChI is InChI=1S/C16H19N3O/c1-11-3-4-12(2)15(9-11)20-16-8-7-14(18-19-16)10-17-13-5-6-13/h3-4,7-9,13,17H,5-6,10H2,1-2H3. The van der Waals surface area contributed by atoms with Gasteiger partial charge in [0.05, 0.1) is 5.69 Å². The SMILES string of the molecule is Cc1ccc(C)c(Oc2ccc(CNC3CC3)nn2)c1. The van der Waals surface area contributed by atoms with Gasteiger partial charge in [-0.05, 0) is 49.9 Å². The maximum absolute atomic E-state index is 5.79. The van der Waals surface area contributed by atoms with Gasteiger partial charge < -0.3 is 10.1 Å². The highest BCUT2D eigenvalue weighted by atomic mass is 16.5. The van der Waals surface area contributed by atoms with E-state index in [9.17, 15) is 0 Å². The first-order chi connectivity index (χ1) is 9.70. The minimum atomic E-state index is 0.536. The van der Waals surface area contributed by atoms with Gasteiger partial charge in [0.1, 0.15) is 5.75 Å². The number of benzene rings is 1. The van der Waals surface area contributed by atoms with Crippen LogP contribution in [0.3, 0.4) is 0 Å². The highest BCUT2D eigenvalue weighted by Gasteiger charge is 2.20. The monoisotopic (exact) mass is 269 g/mol. The molecule has 104 valence electrons. The lowest BCUT2D eigenvalue weighted by Crippen LogP contribution is -2.16. The van der Waals surface area contributed by atoms with Crippen molar-refractivity contribution in [2.24, 2.45) is 0 Å². The van der Waals surface area contributed by atoms with Crippen LogP contribution in [-0.4, -0.2) is 16.2 Å². The number of aryl methyl sites for hydroxylation is 2. The van der Waals surface area contributed by atoms with Gasteiger partial charge in [0, 0.05) is 18.7 Å². The zero-order valence-electron chi connectivity index (χ0n) is 11.9. The number of nitrogens with one attached hydrogen (secondary N) is 1. The molecule has 0 bridgehead atoms. The highest BCUT2D eigenvalue weighted by molar-refractivity contribution is 5.38. The lowest BCUT2D eigenvalue weighted by Gasteiger charge is -2.08. The summed E-state index contributed by atoms with van der Waals surface area (Å²) in [6.45, 7) is 4.85. The average molecular weight is 269 g/mol. The molecule has 4 nitrogen and oxygen atoms in total. The zero-order valence-corrected chi connectivity index (χ0v) is 11.9. The van der Waals surface area contributed by atoms with Crippen molar-refractivity contribution < 1.29 is 4.74 Å². The maximum Gasteiger partial charge on any atom is 0.238 e. The van der Waals surface area contributed by atoms with E-state index in [1.54, 1.807) is 0 Å². The first-order valence-corrected chi connectivity index (χ1v) is 7.02. The van der Waals surface area contributed by atoms with Crippen molar-refractivity contribution in [3.8, 4) is 11.6 Å². The summed E-state index contributed by atoms with van der Waals surface area (Å²) in [6, 6.07) is 10.6. The Kier molecular flexibility index (Phi) is 3.65. The molecule has 0 aliphatic heterocycles. The second-order valence-electron chi connectivity index (χ2n) is 5.39. The topological polar surface area (TPSA) is 47.0 Å². The number of hydrogen-bond acceptors (Lipinski definition) is 4. The minimum Gasteiger partial charge on any atom is -0.437 e. The third-order valence-electron chi connectivity index (χ3n) is 3.40. The summed E-state index contributed by atoms with van der Waals surface area (Å²) in [7, 11) is 0. The van der Waals surface area contributed by atoms with Gasteiger partial charge in [-0.15, -0.1) is 5.10 Å². The van der Waals surface area contributed by atoms with Gasteiger partial charge in [0.2, 0.25) is 5.88 Å². The molecule has 0 atom stereocenters. The first-order valence-electron chi connectivity index (χ1n) is 7.02. The van der Waals surface area contributed by atoms with Crippen LogP contribution in [0.1, 0.15) is 29.7 Å². The maximum atomic E-state index is 5.79. The second-order valence-corrected chi connectivity index (χ2v) is 5.39. The number of aromatic nitrogens is 2. The van der Waals surface area contributed by atoms with E-state index in [1.165, 1.54) is 18.4 Å². The summed E-state index contributed by atoms with van der Waals surface area (Å²) >= 11 is 0. The van der Waals surface area contributed by atoms with Gasteiger partial charge in [0.15, 0.2) is 0 Å². The van der Waals surface area contributed by atoms with Crippen molar-refractivity contribution >= 4 is 0 Å². The molecule has 1 heterocycles. The Morgan fingerprint density at radius 3 is 2.70 bits per heavy atom. The van der Waals surface area contributed by atoms with E-state index in [4.69, 9.17) is 4.74 Å². The van der Waals surface area contributed by atoms with E-state index in [0.29, 0.717) is 11.9 Å². The van der Waals surface area contributed by atoms with Gasteiger partial charge in [-0.3, -0.25) is 0 Å². The van der Waals surface area contributed by atoms with Crippen LogP contribution >= 0.6 is 0 Å². The Bertz CT molecular complexity index is 591. The molecule has 3 rings (SSSR count). The summed E-state index contributed by atoms with van der Waals surface area (Å²) in [4.78, 5) is 0. The largest absolute Gasteiger partial charge is 0.437 e. The van der Waals surface area contributed by atoms with Crippen LogP contribution in [0, 0.1) is 13.8 Å². The number of ether oxygens (including phenoxy) is 1. The predicted molar refractivity (Wildman–Crippen MR) is 77.9 cm³/mol. The van der Waals surface area contributed by atoms with Crippen molar-refractivity contribution in [3.05, 3.63) is 47.2 Å². The Morgan fingerprint density at radius 1 is 1.15 bits per heavy atom. The lowest BCUT2D eigenvalue weighted by molar-refractivity contribution is 0.449. The molecule has 1 aromatic heterocycles. The summed E-state index contributed by atoms with van der Waals surface area (Å²) in [6.07, 6.45) is 2.56. The van der Waals surface area contributed by atoms with Gasteiger partial charge >= 0.3 is 0 Å². The fourth-order valence-corrected chi connectivity index (χ4v) is 1.96. The van der Waals surface area contributed by atoms with Crippen molar-refractivity contribution in [2.75, 3.05) is 0 Å². The molecule has 1 aliphatic rings. The Balaban J connectivity index is 1.66.